The third kappa shape index (κ3) is 4.90. The molecule has 0 saturated heterocycles. The second kappa shape index (κ2) is 8.41. The van der Waals surface area contributed by atoms with E-state index in [4.69, 9.17) is 11.0 Å². The third-order valence-electron chi connectivity index (χ3n) is 3.23. The molecule has 2 N–H and O–H groups in total. The van der Waals surface area contributed by atoms with Gasteiger partial charge in [-0.25, -0.2) is 0 Å². The third-order valence-corrected chi connectivity index (χ3v) is 3.95. The van der Waals surface area contributed by atoms with Gasteiger partial charge in [0.15, 0.2) is 0 Å². The largest absolute Gasteiger partial charge is 0.326 e. The minimum atomic E-state index is 0.00569. The van der Waals surface area contributed by atoms with Crippen LogP contribution in [0.4, 0.5) is 0 Å². The number of rotatable bonds is 7. The molecule has 0 aliphatic heterocycles. The zero-order valence-electron chi connectivity index (χ0n) is 12.5. The van der Waals surface area contributed by atoms with Crippen molar-refractivity contribution in [1.82, 2.24) is 4.90 Å². The lowest BCUT2D eigenvalue weighted by Gasteiger charge is -2.36. The standard InChI is InChI=1S/C16H24BrN3/c1-12(2)11-20(10-6-9-18)16(13(3)19)14-7-4-5-8-15(14)17/h4-5,7-8,12-13,16H,6,10-11,19H2,1-3H3. The molecule has 0 aliphatic rings. The summed E-state index contributed by atoms with van der Waals surface area (Å²) in [5, 5.41) is 8.88. The Hall–Kier alpha value is -0.890. The van der Waals surface area contributed by atoms with E-state index in [1.165, 1.54) is 5.56 Å². The Balaban J connectivity index is 3.07. The Morgan fingerprint density at radius 3 is 2.45 bits per heavy atom. The van der Waals surface area contributed by atoms with Crippen LogP contribution in [-0.4, -0.2) is 24.0 Å². The summed E-state index contributed by atoms with van der Waals surface area (Å²) < 4.78 is 1.08. The van der Waals surface area contributed by atoms with Gasteiger partial charge in [-0.3, -0.25) is 4.90 Å². The van der Waals surface area contributed by atoms with Crippen LogP contribution in [0.1, 0.15) is 38.8 Å². The molecule has 1 rings (SSSR count). The van der Waals surface area contributed by atoms with Gasteiger partial charge < -0.3 is 5.73 Å². The number of nitrogens with two attached hydrogens (primary N) is 1. The summed E-state index contributed by atoms with van der Waals surface area (Å²) in [7, 11) is 0. The Morgan fingerprint density at radius 2 is 1.95 bits per heavy atom. The quantitative estimate of drug-likeness (QED) is 0.825. The molecule has 3 nitrogen and oxygen atoms in total. The Labute approximate surface area is 130 Å². The first kappa shape index (κ1) is 17.2. The highest BCUT2D eigenvalue weighted by atomic mass is 79.9. The number of hydrogen-bond acceptors (Lipinski definition) is 3. The second-order valence-electron chi connectivity index (χ2n) is 5.62. The number of hydrogen-bond donors (Lipinski definition) is 1. The van der Waals surface area contributed by atoms with Crippen LogP contribution in [0.3, 0.4) is 0 Å². The van der Waals surface area contributed by atoms with Crippen LogP contribution in [0, 0.1) is 17.2 Å². The second-order valence-corrected chi connectivity index (χ2v) is 6.48. The molecular formula is C16H24BrN3. The molecule has 0 radical (unpaired) electrons. The van der Waals surface area contributed by atoms with Crippen molar-refractivity contribution in [1.29, 1.82) is 5.26 Å². The molecule has 2 atom stereocenters. The van der Waals surface area contributed by atoms with Crippen LogP contribution in [0.25, 0.3) is 0 Å². The Kier molecular flexibility index (Phi) is 7.22. The average Bonchev–Trinajstić information content (AvgIpc) is 2.37. The Morgan fingerprint density at radius 1 is 1.30 bits per heavy atom. The highest BCUT2D eigenvalue weighted by Gasteiger charge is 2.25. The monoisotopic (exact) mass is 337 g/mol. The van der Waals surface area contributed by atoms with Crippen molar-refractivity contribution in [2.45, 2.75) is 39.3 Å². The van der Waals surface area contributed by atoms with E-state index in [2.05, 4.69) is 46.8 Å². The molecule has 4 heteroatoms. The maximum atomic E-state index is 8.88. The highest BCUT2D eigenvalue weighted by molar-refractivity contribution is 9.10. The topological polar surface area (TPSA) is 53.0 Å². The van der Waals surface area contributed by atoms with Gasteiger partial charge in [0.25, 0.3) is 0 Å². The normalized spacial score (nSPS) is 14.3. The van der Waals surface area contributed by atoms with E-state index in [0.29, 0.717) is 12.3 Å². The van der Waals surface area contributed by atoms with Crippen LogP contribution >= 0.6 is 15.9 Å². The van der Waals surface area contributed by atoms with E-state index in [9.17, 15) is 0 Å². The zero-order chi connectivity index (χ0) is 15.1. The molecule has 0 saturated carbocycles. The maximum absolute atomic E-state index is 8.88. The number of halogens is 1. The number of nitriles is 1. The van der Waals surface area contributed by atoms with Crippen molar-refractivity contribution < 1.29 is 0 Å². The summed E-state index contributed by atoms with van der Waals surface area (Å²) >= 11 is 3.62. The summed E-state index contributed by atoms with van der Waals surface area (Å²) in [5.74, 6) is 0.539. The molecule has 0 aliphatic carbocycles. The van der Waals surface area contributed by atoms with Gasteiger partial charge in [0, 0.05) is 30.0 Å². The van der Waals surface area contributed by atoms with Crippen molar-refractivity contribution in [3.05, 3.63) is 34.3 Å². The van der Waals surface area contributed by atoms with Gasteiger partial charge in [0.05, 0.1) is 12.1 Å². The van der Waals surface area contributed by atoms with E-state index in [-0.39, 0.29) is 12.1 Å². The molecule has 0 fully saturated rings. The van der Waals surface area contributed by atoms with Gasteiger partial charge in [-0.15, -0.1) is 0 Å². The predicted octanol–water partition coefficient (Wildman–Crippen LogP) is 3.71. The Bertz CT molecular complexity index is 451. The summed E-state index contributed by atoms with van der Waals surface area (Å²) in [6, 6.07) is 10.6. The summed E-state index contributed by atoms with van der Waals surface area (Å²) in [4.78, 5) is 2.33. The van der Waals surface area contributed by atoms with Gasteiger partial charge in [0.1, 0.15) is 0 Å². The van der Waals surface area contributed by atoms with Crippen LogP contribution in [0.15, 0.2) is 28.7 Å². The lowest BCUT2D eigenvalue weighted by Crippen LogP contribution is -2.42. The van der Waals surface area contributed by atoms with Crippen molar-refractivity contribution in [2.24, 2.45) is 11.7 Å². The molecule has 1 aromatic carbocycles. The van der Waals surface area contributed by atoms with Crippen LogP contribution in [0.5, 0.6) is 0 Å². The number of benzene rings is 1. The van der Waals surface area contributed by atoms with Crippen LogP contribution in [-0.2, 0) is 0 Å². The first-order valence-electron chi connectivity index (χ1n) is 7.08. The predicted molar refractivity (Wildman–Crippen MR) is 87.2 cm³/mol. The maximum Gasteiger partial charge on any atom is 0.0635 e. The summed E-state index contributed by atoms with van der Waals surface area (Å²) in [6.45, 7) is 8.11. The van der Waals surface area contributed by atoms with Crippen molar-refractivity contribution in [3.8, 4) is 6.07 Å². The minimum absolute atomic E-state index is 0.00569. The molecule has 0 heterocycles. The smallest absolute Gasteiger partial charge is 0.0635 e. The molecule has 0 bridgehead atoms. The van der Waals surface area contributed by atoms with E-state index in [1.807, 2.05) is 25.1 Å². The van der Waals surface area contributed by atoms with E-state index in [1.54, 1.807) is 0 Å². The molecule has 20 heavy (non-hydrogen) atoms. The SMILES string of the molecule is CC(C)CN(CCC#N)C(c1ccccc1Br)C(C)N. The van der Waals surface area contributed by atoms with Crippen molar-refractivity contribution in [3.63, 3.8) is 0 Å². The van der Waals surface area contributed by atoms with Crippen LogP contribution in [0.2, 0.25) is 0 Å². The van der Waals surface area contributed by atoms with E-state index < -0.39 is 0 Å². The fourth-order valence-electron chi connectivity index (χ4n) is 2.53. The zero-order valence-corrected chi connectivity index (χ0v) is 14.1. The minimum Gasteiger partial charge on any atom is -0.326 e. The van der Waals surface area contributed by atoms with Gasteiger partial charge in [-0.2, -0.15) is 5.26 Å². The average molecular weight is 338 g/mol. The van der Waals surface area contributed by atoms with Crippen molar-refractivity contribution >= 4 is 15.9 Å². The van der Waals surface area contributed by atoms with E-state index >= 15 is 0 Å². The molecule has 0 aromatic heterocycles. The molecule has 110 valence electrons. The first-order chi connectivity index (χ1) is 9.47. The molecule has 0 spiro atoms. The van der Waals surface area contributed by atoms with Crippen molar-refractivity contribution in [2.75, 3.05) is 13.1 Å². The highest BCUT2D eigenvalue weighted by Crippen LogP contribution is 2.30. The fourth-order valence-corrected chi connectivity index (χ4v) is 3.05. The lowest BCUT2D eigenvalue weighted by atomic mass is 9.97. The van der Waals surface area contributed by atoms with Gasteiger partial charge in [-0.1, -0.05) is 48.0 Å². The summed E-state index contributed by atoms with van der Waals surface area (Å²) in [5.41, 5.74) is 7.44. The molecule has 1 aromatic rings. The molecule has 2 unspecified atom stereocenters. The number of nitrogens with zero attached hydrogens (tertiary/aromatic N) is 2. The lowest BCUT2D eigenvalue weighted by molar-refractivity contribution is 0.160. The van der Waals surface area contributed by atoms with Crippen LogP contribution < -0.4 is 5.73 Å². The first-order valence-corrected chi connectivity index (χ1v) is 7.87. The van der Waals surface area contributed by atoms with Gasteiger partial charge in [0.2, 0.25) is 0 Å². The molecular weight excluding hydrogens is 314 g/mol. The fraction of sp³-hybridized carbons (Fsp3) is 0.562. The van der Waals surface area contributed by atoms with Gasteiger partial charge >= 0.3 is 0 Å². The summed E-state index contributed by atoms with van der Waals surface area (Å²) in [6.07, 6.45) is 0.528. The van der Waals surface area contributed by atoms with Gasteiger partial charge in [-0.05, 0) is 24.5 Å². The van der Waals surface area contributed by atoms with E-state index in [0.717, 1.165) is 17.6 Å². The molecule has 0 amide bonds.